The number of alkyl halides is 1. The maximum absolute atomic E-state index is 11.6. The van der Waals surface area contributed by atoms with Crippen LogP contribution in [0.5, 0.6) is 0 Å². The fourth-order valence-electron chi connectivity index (χ4n) is 0.570. The Kier molecular flexibility index (Phi) is 14.1. The van der Waals surface area contributed by atoms with Crippen molar-refractivity contribution < 1.29 is 4.39 Å². The Balaban J connectivity index is 0. The Hall–Kier alpha value is -0.0700. The van der Waals surface area contributed by atoms with E-state index in [2.05, 4.69) is 6.92 Å². The lowest BCUT2D eigenvalue weighted by molar-refractivity contribution is 0.364. The molecule has 0 aliphatic heterocycles. The third-order valence-electron chi connectivity index (χ3n) is 1.04. The monoisotopic (exact) mass is 134 g/mol. The zero-order valence-corrected chi connectivity index (χ0v) is 7.08. The van der Waals surface area contributed by atoms with Crippen molar-refractivity contribution in [1.82, 2.24) is 0 Å². The lowest BCUT2D eigenvalue weighted by Gasteiger charge is -1.99. The van der Waals surface area contributed by atoms with Crippen molar-refractivity contribution in [2.24, 2.45) is 5.92 Å². The first-order valence-electron chi connectivity index (χ1n) is 3.87. The van der Waals surface area contributed by atoms with E-state index in [1.165, 1.54) is 0 Å². The van der Waals surface area contributed by atoms with Crippen LogP contribution in [-0.4, -0.2) is 6.67 Å². The van der Waals surface area contributed by atoms with E-state index < -0.39 is 0 Å². The van der Waals surface area contributed by atoms with Crippen molar-refractivity contribution in [2.45, 2.75) is 40.5 Å². The van der Waals surface area contributed by atoms with Crippen LogP contribution in [0.2, 0.25) is 0 Å². The molecule has 0 N–H and O–H groups in total. The summed E-state index contributed by atoms with van der Waals surface area (Å²) in [5.74, 6) is 0.282. The molecular formula is C8H19F. The summed E-state index contributed by atoms with van der Waals surface area (Å²) in [6, 6.07) is 0. The van der Waals surface area contributed by atoms with Crippen molar-refractivity contribution >= 4 is 0 Å². The van der Waals surface area contributed by atoms with Crippen molar-refractivity contribution in [3.63, 3.8) is 0 Å². The normalized spacial score (nSPS) is 11.7. The third kappa shape index (κ3) is 11.5. The number of hydrogen-bond donors (Lipinski definition) is 0. The standard InChI is InChI=1S/C6H13F.C2H6/c1-3-4-6(2)5-7;1-2/h6H,3-5H2,1-2H3;1-2H3. The van der Waals surface area contributed by atoms with Crippen LogP contribution in [0.15, 0.2) is 0 Å². The summed E-state index contributed by atoms with van der Waals surface area (Å²) in [6.07, 6.45) is 2.13. The maximum atomic E-state index is 11.6. The van der Waals surface area contributed by atoms with Gasteiger partial charge in [-0.25, -0.2) is 0 Å². The van der Waals surface area contributed by atoms with E-state index in [-0.39, 0.29) is 12.6 Å². The third-order valence-corrected chi connectivity index (χ3v) is 1.04. The summed E-state index contributed by atoms with van der Waals surface area (Å²) in [6.45, 7) is 7.85. The largest absolute Gasteiger partial charge is 0.251 e. The zero-order valence-electron chi connectivity index (χ0n) is 7.08. The van der Waals surface area contributed by atoms with Gasteiger partial charge in [-0.05, 0) is 12.3 Å². The first-order valence-corrected chi connectivity index (χ1v) is 3.87. The van der Waals surface area contributed by atoms with Gasteiger partial charge in [-0.1, -0.05) is 34.1 Å². The van der Waals surface area contributed by atoms with Crippen LogP contribution in [-0.2, 0) is 0 Å². The van der Waals surface area contributed by atoms with Gasteiger partial charge in [0.1, 0.15) is 0 Å². The molecular weight excluding hydrogens is 115 g/mol. The summed E-state index contributed by atoms with van der Waals surface area (Å²) in [5.41, 5.74) is 0. The second-order valence-electron chi connectivity index (χ2n) is 2.05. The topological polar surface area (TPSA) is 0 Å². The average Bonchev–Trinajstić information content (AvgIpc) is 1.93. The molecule has 9 heavy (non-hydrogen) atoms. The predicted octanol–water partition coefficient (Wildman–Crippen LogP) is 3.42. The number of halogens is 1. The minimum atomic E-state index is -0.159. The molecule has 0 rings (SSSR count). The van der Waals surface area contributed by atoms with Gasteiger partial charge in [-0.2, -0.15) is 0 Å². The fourth-order valence-corrected chi connectivity index (χ4v) is 0.570. The molecule has 1 atom stereocenters. The van der Waals surface area contributed by atoms with Gasteiger partial charge in [-0.3, -0.25) is 4.39 Å². The molecule has 0 nitrogen and oxygen atoms in total. The zero-order chi connectivity index (χ0) is 7.70. The Morgan fingerprint density at radius 2 is 1.78 bits per heavy atom. The molecule has 0 aliphatic carbocycles. The summed E-state index contributed by atoms with van der Waals surface area (Å²) in [7, 11) is 0. The predicted molar refractivity (Wildman–Crippen MR) is 41.4 cm³/mol. The lowest BCUT2D eigenvalue weighted by Crippen LogP contribution is -1.93. The molecule has 0 saturated carbocycles. The van der Waals surface area contributed by atoms with Crippen molar-refractivity contribution in [3.8, 4) is 0 Å². The molecule has 0 aromatic carbocycles. The fraction of sp³-hybridized carbons (Fsp3) is 1.00. The highest BCUT2D eigenvalue weighted by molar-refractivity contribution is 4.46. The molecule has 0 radical (unpaired) electrons. The molecule has 0 aliphatic rings. The second-order valence-corrected chi connectivity index (χ2v) is 2.05. The molecule has 0 amide bonds. The summed E-state index contributed by atoms with van der Waals surface area (Å²) in [4.78, 5) is 0. The molecule has 0 aromatic rings. The van der Waals surface area contributed by atoms with Gasteiger partial charge in [0.2, 0.25) is 0 Å². The first-order chi connectivity index (χ1) is 4.31. The van der Waals surface area contributed by atoms with Crippen LogP contribution in [0.25, 0.3) is 0 Å². The minimum absolute atomic E-state index is 0.159. The van der Waals surface area contributed by atoms with Gasteiger partial charge in [-0.15, -0.1) is 0 Å². The van der Waals surface area contributed by atoms with Crippen LogP contribution in [0.1, 0.15) is 40.5 Å². The quantitative estimate of drug-likeness (QED) is 0.554. The van der Waals surface area contributed by atoms with Crippen molar-refractivity contribution in [3.05, 3.63) is 0 Å². The molecule has 0 spiro atoms. The molecule has 0 heterocycles. The van der Waals surface area contributed by atoms with Crippen LogP contribution in [0.4, 0.5) is 4.39 Å². The van der Waals surface area contributed by atoms with E-state index in [4.69, 9.17) is 0 Å². The lowest BCUT2D eigenvalue weighted by atomic mass is 10.1. The molecule has 0 saturated heterocycles. The van der Waals surface area contributed by atoms with E-state index in [9.17, 15) is 4.39 Å². The van der Waals surface area contributed by atoms with E-state index >= 15 is 0 Å². The highest BCUT2D eigenvalue weighted by atomic mass is 19.1. The van der Waals surface area contributed by atoms with E-state index in [1.807, 2.05) is 20.8 Å². The van der Waals surface area contributed by atoms with Gasteiger partial charge < -0.3 is 0 Å². The van der Waals surface area contributed by atoms with Crippen molar-refractivity contribution in [2.75, 3.05) is 6.67 Å². The number of hydrogen-bond acceptors (Lipinski definition) is 0. The van der Waals surface area contributed by atoms with Crippen molar-refractivity contribution in [1.29, 1.82) is 0 Å². The number of rotatable bonds is 3. The van der Waals surface area contributed by atoms with Gasteiger partial charge in [0.25, 0.3) is 0 Å². The molecule has 1 unspecified atom stereocenters. The highest BCUT2D eigenvalue weighted by Crippen LogP contribution is 2.03. The Morgan fingerprint density at radius 1 is 1.33 bits per heavy atom. The van der Waals surface area contributed by atoms with Gasteiger partial charge in [0.15, 0.2) is 0 Å². The smallest absolute Gasteiger partial charge is 0.0919 e. The Labute approximate surface area is 58.5 Å². The molecule has 58 valence electrons. The molecule has 0 bridgehead atoms. The molecule has 0 aromatic heterocycles. The summed E-state index contributed by atoms with van der Waals surface area (Å²) in [5, 5.41) is 0. The van der Waals surface area contributed by atoms with Gasteiger partial charge >= 0.3 is 0 Å². The van der Waals surface area contributed by atoms with E-state index in [1.54, 1.807) is 0 Å². The summed E-state index contributed by atoms with van der Waals surface area (Å²) >= 11 is 0. The van der Waals surface area contributed by atoms with Crippen LogP contribution in [0, 0.1) is 5.92 Å². The molecule has 0 fully saturated rings. The maximum Gasteiger partial charge on any atom is 0.0919 e. The SMILES string of the molecule is CC.CCCC(C)CF. The van der Waals surface area contributed by atoms with Crippen LogP contribution >= 0.6 is 0 Å². The molecule has 1 heteroatoms. The minimum Gasteiger partial charge on any atom is -0.251 e. The second kappa shape index (κ2) is 10.8. The van der Waals surface area contributed by atoms with E-state index in [0.717, 1.165) is 12.8 Å². The van der Waals surface area contributed by atoms with E-state index in [0.29, 0.717) is 0 Å². The van der Waals surface area contributed by atoms with Crippen LogP contribution in [0.3, 0.4) is 0 Å². The Bertz CT molecular complexity index is 35.5. The van der Waals surface area contributed by atoms with Gasteiger partial charge in [0.05, 0.1) is 6.67 Å². The first kappa shape index (κ1) is 11.7. The average molecular weight is 134 g/mol. The highest BCUT2D eigenvalue weighted by Gasteiger charge is 1.95. The van der Waals surface area contributed by atoms with Crippen LogP contribution < -0.4 is 0 Å². The summed E-state index contributed by atoms with van der Waals surface area (Å²) < 4.78 is 11.6. The van der Waals surface area contributed by atoms with Gasteiger partial charge in [0, 0.05) is 0 Å². The Morgan fingerprint density at radius 3 is 1.89 bits per heavy atom.